The molecule has 0 atom stereocenters. The summed E-state index contributed by atoms with van der Waals surface area (Å²) in [5.41, 5.74) is 0.877. The topological polar surface area (TPSA) is 52.1 Å². The van der Waals surface area contributed by atoms with Crippen molar-refractivity contribution in [2.45, 2.75) is 0 Å². The first-order chi connectivity index (χ1) is 5.29. The first-order valence-corrected chi connectivity index (χ1v) is 3.00. The standard InChI is InChI=1S/C7H4N2O2/c1-4-6-5(7(10)11-4)2-8-3-9-6/h2-3H,1H2. The number of carbonyl (C=O) groups excluding carboxylic acids is 1. The van der Waals surface area contributed by atoms with Crippen LogP contribution in [-0.2, 0) is 4.74 Å². The van der Waals surface area contributed by atoms with E-state index in [4.69, 9.17) is 4.74 Å². The van der Waals surface area contributed by atoms with Gasteiger partial charge in [0.25, 0.3) is 0 Å². The fourth-order valence-electron chi connectivity index (χ4n) is 0.916. The van der Waals surface area contributed by atoms with Gasteiger partial charge in [0.05, 0.1) is 0 Å². The maximum atomic E-state index is 10.9. The molecule has 1 aliphatic heterocycles. The molecule has 11 heavy (non-hydrogen) atoms. The number of hydrogen-bond acceptors (Lipinski definition) is 4. The minimum Gasteiger partial charge on any atom is -0.421 e. The molecule has 0 aromatic carbocycles. The molecule has 2 rings (SSSR count). The highest BCUT2D eigenvalue weighted by atomic mass is 16.5. The molecule has 0 radical (unpaired) electrons. The van der Waals surface area contributed by atoms with Crippen molar-refractivity contribution in [3.05, 3.63) is 30.4 Å². The minimum absolute atomic E-state index is 0.299. The Kier molecular flexibility index (Phi) is 1.03. The summed E-state index contributed by atoms with van der Waals surface area (Å²) in [4.78, 5) is 18.4. The highest BCUT2D eigenvalue weighted by Crippen LogP contribution is 2.24. The van der Waals surface area contributed by atoms with E-state index < -0.39 is 5.97 Å². The zero-order chi connectivity index (χ0) is 7.84. The average molecular weight is 148 g/mol. The number of nitrogens with zero attached hydrogens (tertiary/aromatic N) is 2. The molecule has 0 unspecified atom stereocenters. The van der Waals surface area contributed by atoms with Crippen LogP contribution in [0.5, 0.6) is 0 Å². The van der Waals surface area contributed by atoms with Crippen molar-refractivity contribution in [3.8, 4) is 0 Å². The number of esters is 1. The predicted molar refractivity (Wildman–Crippen MR) is 36.5 cm³/mol. The van der Waals surface area contributed by atoms with Crippen LogP contribution in [0.2, 0.25) is 0 Å². The zero-order valence-corrected chi connectivity index (χ0v) is 5.57. The van der Waals surface area contributed by atoms with E-state index in [9.17, 15) is 4.79 Å². The average Bonchev–Trinajstić information content (AvgIpc) is 2.30. The molecule has 4 heteroatoms. The molecule has 0 spiro atoms. The van der Waals surface area contributed by atoms with Crippen molar-refractivity contribution in [1.29, 1.82) is 0 Å². The van der Waals surface area contributed by atoms with Crippen LogP contribution < -0.4 is 0 Å². The Balaban J connectivity index is 2.69. The molecule has 4 nitrogen and oxygen atoms in total. The Hall–Kier alpha value is -1.71. The molecule has 0 aliphatic carbocycles. The second-order valence-electron chi connectivity index (χ2n) is 2.10. The van der Waals surface area contributed by atoms with Crippen LogP contribution in [0, 0.1) is 0 Å². The fourth-order valence-corrected chi connectivity index (χ4v) is 0.916. The van der Waals surface area contributed by atoms with Crippen LogP contribution in [0.25, 0.3) is 5.76 Å². The predicted octanol–water partition coefficient (Wildman–Crippen LogP) is 0.618. The summed E-state index contributed by atoms with van der Waals surface area (Å²) in [5.74, 6) is -0.127. The van der Waals surface area contributed by atoms with Crippen molar-refractivity contribution in [2.75, 3.05) is 0 Å². The van der Waals surface area contributed by atoms with E-state index in [-0.39, 0.29) is 0 Å². The summed E-state index contributed by atoms with van der Waals surface area (Å²) in [6.45, 7) is 3.51. The Bertz CT molecular complexity index is 313. The number of hydrogen-bond donors (Lipinski definition) is 0. The summed E-state index contributed by atoms with van der Waals surface area (Å²) >= 11 is 0. The Morgan fingerprint density at radius 3 is 3.09 bits per heavy atom. The summed E-state index contributed by atoms with van der Waals surface area (Å²) in [6.07, 6.45) is 2.77. The normalized spacial score (nSPS) is 14.5. The lowest BCUT2D eigenvalue weighted by Gasteiger charge is -1.89. The number of aromatic nitrogens is 2. The third-order valence-electron chi connectivity index (χ3n) is 1.41. The summed E-state index contributed by atoms with van der Waals surface area (Å²) < 4.78 is 4.70. The number of carbonyl (C=O) groups is 1. The van der Waals surface area contributed by atoms with Gasteiger partial charge in [0.1, 0.15) is 17.6 Å². The SMILES string of the molecule is C=C1OC(=O)c2cncnc21. The Morgan fingerprint density at radius 2 is 2.36 bits per heavy atom. The lowest BCUT2D eigenvalue weighted by Crippen LogP contribution is -1.94. The largest absolute Gasteiger partial charge is 0.421 e. The third kappa shape index (κ3) is 0.724. The van der Waals surface area contributed by atoms with E-state index in [0.29, 0.717) is 17.0 Å². The second kappa shape index (κ2) is 1.88. The Labute approximate surface area is 62.5 Å². The summed E-state index contributed by atoms with van der Waals surface area (Å²) in [7, 11) is 0. The number of fused-ring (bicyclic) bond motifs is 1. The fraction of sp³-hybridized carbons (Fsp3) is 0. The number of cyclic esters (lactones) is 1. The van der Waals surface area contributed by atoms with Crippen LogP contribution in [0.4, 0.5) is 0 Å². The maximum Gasteiger partial charge on any atom is 0.347 e. The minimum atomic E-state index is -0.425. The molecule has 1 aliphatic rings. The highest BCUT2D eigenvalue weighted by Gasteiger charge is 2.25. The van der Waals surface area contributed by atoms with E-state index in [1.54, 1.807) is 0 Å². The van der Waals surface area contributed by atoms with Gasteiger partial charge in [0, 0.05) is 6.20 Å². The molecule has 0 bridgehead atoms. The van der Waals surface area contributed by atoms with E-state index >= 15 is 0 Å². The van der Waals surface area contributed by atoms with Crippen molar-refractivity contribution in [1.82, 2.24) is 9.97 Å². The first-order valence-electron chi connectivity index (χ1n) is 3.00. The van der Waals surface area contributed by atoms with Gasteiger partial charge < -0.3 is 4.74 Å². The van der Waals surface area contributed by atoms with Gasteiger partial charge in [-0.3, -0.25) is 0 Å². The molecular weight excluding hydrogens is 144 g/mol. The summed E-state index contributed by atoms with van der Waals surface area (Å²) in [6, 6.07) is 0. The van der Waals surface area contributed by atoms with Gasteiger partial charge in [-0.15, -0.1) is 0 Å². The highest BCUT2D eigenvalue weighted by molar-refractivity contribution is 6.01. The van der Waals surface area contributed by atoms with Gasteiger partial charge in [-0.2, -0.15) is 0 Å². The van der Waals surface area contributed by atoms with Gasteiger partial charge in [-0.25, -0.2) is 14.8 Å². The summed E-state index contributed by atoms with van der Waals surface area (Å²) in [5, 5.41) is 0. The Morgan fingerprint density at radius 1 is 1.55 bits per heavy atom. The molecule has 0 saturated heterocycles. The second-order valence-corrected chi connectivity index (χ2v) is 2.10. The van der Waals surface area contributed by atoms with Gasteiger partial charge in [0.2, 0.25) is 0 Å². The molecule has 2 heterocycles. The molecule has 1 aromatic rings. The van der Waals surface area contributed by atoms with Crippen LogP contribution in [0.3, 0.4) is 0 Å². The molecule has 0 amide bonds. The third-order valence-corrected chi connectivity index (χ3v) is 1.41. The molecule has 54 valence electrons. The van der Waals surface area contributed by atoms with Gasteiger partial charge >= 0.3 is 5.97 Å². The van der Waals surface area contributed by atoms with Gasteiger partial charge in [-0.1, -0.05) is 6.58 Å². The van der Waals surface area contributed by atoms with E-state index in [1.165, 1.54) is 12.5 Å². The van der Waals surface area contributed by atoms with Crippen molar-refractivity contribution >= 4 is 11.7 Å². The lowest BCUT2D eigenvalue weighted by molar-refractivity contribution is 0.0716. The van der Waals surface area contributed by atoms with E-state index in [1.807, 2.05) is 0 Å². The molecule has 0 fully saturated rings. The van der Waals surface area contributed by atoms with E-state index in [0.717, 1.165) is 0 Å². The monoisotopic (exact) mass is 148 g/mol. The van der Waals surface area contributed by atoms with Crippen molar-refractivity contribution in [3.63, 3.8) is 0 Å². The molecule has 0 saturated carbocycles. The van der Waals surface area contributed by atoms with Crippen molar-refractivity contribution < 1.29 is 9.53 Å². The van der Waals surface area contributed by atoms with Gasteiger partial charge in [0.15, 0.2) is 5.76 Å². The van der Waals surface area contributed by atoms with Crippen LogP contribution in [0.1, 0.15) is 16.1 Å². The van der Waals surface area contributed by atoms with Crippen LogP contribution in [0.15, 0.2) is 19.1 Å². The first kappa shape index (κ1) is 6.03. The molecule has 1 aromatic heterocycles. The smallest absolute Gasteiger partial charge is 0.347 e. The van der Waals surface area contributed by atoms with Crippen LogP contribution in [-0.4, -0.2) is 15.9 Å². The molecular formula is C7H4N2O2. The quantitative estimate of drug-likeness (QED) is 0.506. The van der Waals surface area contributed by atoms with Gasteiger partial charge in [-0.05, 0) is 0 Å². The maximum absolute atomic E-state index is 10.9. The number of rotatable bonds is 0. The molecule has 0 N–H and O–H groups in total. The zero-order valence-electron chi connectivity index (χ0n) is 5.57. The number of ether oxygens (including phenoxy) is 1. The van der Waals surface area contributed by atoms with Crippen molar-refractivity contribution in [2.24, 2.45) is 0 Å². The van der Waals surface area contributed by atoms with Crippen LogP contribution >= 0.6 is 0 Å². The lowest BCUT2D eigenvalue weighted by atomic mass is 10.2. The van der Waals surface area contributed by atoms with E-state index in [2.05, 4.69) is 16.5 Å².